The van der Waals surface area contributed by atoms with Gasteiger partial charge in [0.1, 0.15) is 0 Å². The Kier molecular flexibility index (Phi) is 5.43. The van der Waals surface area contributed by atoms with Crippen LogP contribution in [0.25, 0.3) is 11.0 Å². The van der Waals surface area contributed by atoms with Gasteiger partial charge in [-0.2, -0.15) is 0 Å². The van der Waals surface area contributed by atoms with Gasteiger partial charge in [-0.15, -0.1) is 0 Å². The Morgan fingerprint density at radius 1 is 1.07 bits per heavy atom. The first-order valence-electron chi connectivity index (χ1n) is 10.4. The van der Waals surface area contributed by atoms with E-state index in [-0.39, 0.29) is 18.0 Å². The van der Waals surface area contributed by atoms with E-state index in [4.69, 9.17) is 0 Å². The highest BCUT2D eigenvalue weighted by molar-refractivity contribution is 5.91. The van der Waals surface area contributed by atoms with Crippen LogP contribution in [-0.4, -0.2) is 28.1 Å². The molecule has 0 radical (unpaired) electrons. The number of aromatic nitrogens is 2. The molecular formula is C23H28N4O2. The number of fused-ring (bicyclic) bond motifs is 1. The highest BCUT2D eigenvalue weighted by Gasteiger charge is 2.18. The summed E-state index contributed by atoms with van der Waals surface area (Å²) in [6.45, 7) is 7.39. The van der Waals surface area contributed by atoms with Crippen molar-refractivity contribution in [3.05, 3.63) is 59.0 Å². The van der Waals surface area contributed by atoms with Crippen LogP contribution in [0.5, 0.6) is 0 Å². The van der Waals surface area contributed by atoms with Gasteiger partial charge in [0.2, 0.25) is 5.91 Å². The second kappa shape index (κ2) is 8.15. The SMILES string of the molecule is CCn1c(=O)n(CCC(=O)Nc2ccc(N3CCC(C)C3)cc2)c2ccccc21. The summed E-state index contributed by atoms with van der Waals surface area (Å²) in [5, 5.41) is 2.95. The van der Waals surface area contributed by atoms with E-state index in [0.29, 0.717) is 13.1 Å². The monoisotopic (exact) mass is 392 g/mol. The first kappa shape index (κ1) is 19.3. The van der Waals surface area contributed by atoms with Crippen LogP contribution in [0.2, 0.25) is 0 Å². The molecule has 4 rings (SSSR count). The van der Waals surface area contributed by atoms with Crippen molar-refractivity contribution in [2.75, 3.05) is 23.3 Å². The molecule has 0 spiro atoms. The van der Waals surface area contributed by atoms with E-state index < -0.39 is 0 Å². The van der Waals surface area contributed by atoms with Crippen molar-refractivity contribution in [2.24, 2.45) is 5.92 Å². The lowest BCUT2D eigenvalue weighted by molar-refractivity contribution is -0.116. The second-order valence-corrected chi connectivity index (χ2v) is 7.85. The molecule has 1 fully saturated rings. The average molecular weight is 393 g/mol. The number of anilines is 2. The fraction of sp³-hybridized carbons (Fsp3) is 0.391. The molecule has 3 aromatic rings. The largest absolute Gasteiger partial charge is 0.371 e. The molecule has 2 aromatic carbocycles. The number of hydrogen-bond acceptors (Lipinski definition) is 3. The van der Waals surface area contributed by atoms with Crippen LogP contribution in [0.1, 0.15) is 26.7 Å². The van der Waals surface area contributed by atoms with Crippen molar-refractivity contribution in [1.82, 2.24) is 9.13 Å². The number of benzene rings is 2. The lowest BCUT2D eigenvalue weighted by Gasteiger charge is -2.18. The maximum Gasteiger partial charge on any atom is 0.329 e. The van der Waals surface area contributed by atoms with E-state index in [1.54, 1.807) is 9.13 Å². The fourth-order valence-corrected chi connectivity index (χ4v) is 4.16. The van der Waals surface area contributed by atoms with Gasteiger partial charge in [-0.1, -0.05) is 19.1 Å². The summed E-state index contributed by atoms with van der Waals surface area (Å²) in [6.07, 6.45) is 1.48. The van der Waals surface area contributed by atoms with Gasteiger partial charge in [0, 0.05) is 44.0 Å². The van der Waals surface area contributed by atoms with Gasteiger partial charge in [0.05, 0.1) is 11.0 Å². The minimum Gasteiger partial charge on any atom is -0.371 e. The molecule has 2 heterocycles. The number of aryl methyl sites for hydroxylation is 2. The van der Waals surface area contributed by atoms with Crippen molar-refractivity contribution >= 4 is 28.3 Å². The lowest BCUT2D eigenvalue weighted by Crippen LogP contribution is -2.25. The molecule has 6 nitrogen and oxygen atoms in total. The molecule has 0 saturated carbocycles. The summed E-state index contributed by atoms with van der Waals surface area (Å²) < 4.78 is 3.43. The van der Waals surface area contributed by atoms with Gasteiger partial charge in [-0.05, 0) is 55.7 Å². The first-order chi connectivity index (χ1) is 14.1. The predicted octanol–water partition coefficient (Wildman–Crippen LogP) is 3.70. The van der Waals surface area contributed by atoms with Crippen molar-refractivity contribution in [1.29, 1.82) is 0 Å². The number of carbonyl (C=O) groups is 1. The third kappa shape index (κ3) is 3.92. The number of nitrogens with zero attached hydrogens (tertiary/aromatic N) is 3. The molecular weight excluding hydrogens is 364 g/mol. The van der Waals surface area contributed by atoms with Crippen LogP contribution in [-0.2, 0) is 17.9 Å². The Morgan fingerprint density at radius 3 is 2.38 bits per heavy atom. The van der Waals surface area contributed by atoms with Crippen molar-refractivity contribution in [2.45, 2.75) is 39.8 Å². The molecule has 1 aliphatic rings. The lowest BCUT2D eigenvalue weighted by atomic mass is 10.2. The smallest absolute Gasteiger partial charge is 0.329 e. The van der Waals surface area contributed by atoms with Crippen molar-refractivity contribution < 1.29 is 4.79 Å². The molecule has 29 heavy (non-hydrogen) atoms. The summed E-state index contributed by atoms with van der Waals surface area (Å²) in [4.78, 5) is 27.5. The summed E-state index contributed by atoms with van der Waals surface area (Å²) >= 11 is 0. The minimum atomic E-state index is -0.0900. The van der Waals surface area contributed by atoms with E-state index in [0.717, 1.165) is 35.7 Å². The Hall–Kier alpha value is -3.02. The third-order valence-electron chi connectivity index (χ3n) is 5.74. The van der Waals surface area contributed by atoms with Crippen LogP contribution >= 0.6 is 0 Å². The van der Waals surface area contributed by atoms with E-state index in [2.05, 4.69) is 29.3 Å². The second-order valence-electron chi connectivity index (χ2n) is 7.85. The maximum absolute atomic E-state index is 12.7. The highest BCUT2D eigenvalue weighted by Crippen LogP contribution is 2.24. The molecule has 1 aliphatic heterocycles. The molecule has 1 unspecified atom stereocenters. The Labute approximate surface area is 170 Å². The van der Waals surface area contributed by atoms with Crippen molar-refractivity contribution in [3.63, 3.8) is 0 Å². The van der Waals surface area contributed by atoms with E-state index in [9.17, 15) is 9.59 Å². The first-order valence-corrected chi connectivity index (χ1v) is 10.4. The molecule has 1 saturated heterocycles. The van der Waals surface area contributed by atoms with Gasteiger partial charge < -0.3 is 10.2 Å². The molecule has 6 heteroatoms. The summed E-state index contributed by atoms with van der Waals surface area (Å²) in [5.41, 5.74) is 3.70. The Morgan fingerprint density at radius 2 is 1.76 bits per heavy atom. The molecule has 1 aromatic heterocycles. The zero-order valence-corrected chi connectivity index (χ0v) is 17.1. The zero-order chi connectivity index (χ0) is 20.4. The van der Waals surface area contributed by atoms with Crippen LogP contribution in [0.4, 0.5) is 11.4 Å². The third-order valence-corrected chi connectivity index (χ3v) is 5.74. The number of rotatable bonds is 6. The van der Waals surface area contributed by atoms with Crippen LogP contribution in [0.15, 0.2) is 53.3 Å². The van der Waals surface area contributed by atoms with E-state index >= 15 is 0 Å². The quantitative estimate of drug-likeness (QED) is 0.696. The molecule has 1 atom stereocenters. The van der Waals surface area contributed by atoms with Gasteiger partial charge in [-0.3, -0.25) is 13.9 Å². The fourth-order valence-electron chi connectivity index (χ4n) is 4.16. The normalized spacial score (nSPS) is 16.5. The van der Waals surface area contributed by atoms with Gasteiger partial charge >= 0.3 is 5.69 Å². The summed E-state index contributed by atoms with van der Waals surface area (Å²) in [5.74, 6) is 0.643. The topological polar surface area (TPSA) is 59.3 Å². The molecule has 1 amide bonds. The Balaban J connectivity index is 1.40. The number of carbonyl (C=O) groups excluding carboxylic acids is 1. The molecule has 152 valence electrons. The minimum absolute atomic E-state index is 0.0642. The molecule has 1 N–H and O–H groups in total. The van der Waals surface area contributed by atoms with Crippen LogP contribution in [0.3, 0.4) is 0 Å². The zero-order valence-electron chi connectivity index (χ0n) is 17.1. The number of amides is 1. The summed E-state index contributed by atoms with van der Waals surface area (Å²) in [6, 6.07) is 15.7. The van der Waals surface area contributed by atoms with Gasteiger partial charge in [-0.25, -0.2) is 4.79 Å². The van der Waals surface area contributed by atoms with Gasteiger partial charge in [0.15, 0.2) is 0 Å². The van der Waals surface area contributed by atoms with Crippen molar-refractivity contribution in [3.8, 4) is 0 Å². The standard InChI is InChI=1S/C23H28N4O2/c1-3-26-20-6-4-5-7-21(20)27(23(26)29)15-13-22(28)24-18-8-10-19(11-9-18)25-14-12-17(2)16-25/h4-11,17H,3,12-16H2,1-2H3,(H,24,28). The predicted molar refractivity (Wildman–Crippen MR) is 118 cm³/mol. The maximum atomic E-state index is 12.7. The summed E-state index contributed by atoms with van der Waals surface area (Å²) in [7, 11) is 0. The molecule has 0 aliphatic carbocycles. The van der Waals surface area contributed by atoms with E-state index in [1.807, 2.05) is 43.3 Å². The van der Waals surface area contributed by atoms with Crippen LogP contribution < -0.4 is 15.9 Å². The van der Waals surface area contributed by atoms with Crippen LogP contribution in [0, 0.1) is 5.92 Å². The van der Waals surface area contributed by atoms with E-state index in [1.165, 1.54) is 12.1 Å². The number of imidazole rings is 1. The molecule has 0 bridgehead atoms. The highest BCUT2D eigenvalue weighted by atomic mass is 16.2. The number of para-hydroxylation sites is 2. The number of nitrogens with one attached hydrogen (secondary N) is 1. The Bertz CT molecular complexity index is 1060. The van der Waals surface area contributed by atoms with Gasteiger partial charge in [0.25, 0.3) is 0 Å². The average Bonchev–Trinajstić information content (AvgIpc) is 3.27. The number of hydrogen-bond donors (Lipinski definition) is 1.